The zero-order chi connectivity index (χ0) is 23.2. The van der Waals surface area contributed by atoms with Crippen molar-refractivity contribution in [3.8, 4) is 0 Å². The van der Waals surface area contributed by atoms with Gasteiger partial charge in [0.15, 0.2) is 5.82 Å². The van der Waals surface area contributed by atoms with Gasteiger partial charge in [-0.2, -0.15) is 23.3 Å². The van der Waals surface area contributed by atoms with Crippen LogP contribution in [-0.2, 0) is 30.5 Å². The van der Waals surface area contributed by atoms with Crippen LogP contribution in [-0.4, -0.2) is 50.8 Å². The lowest BCUT2D eigenvalue weighted by Crippen LogP contribution is -2.47. The Kier molecular flexibility index (Phi) is 5.14. The van der Waals surface area contributed by atoms with Gasteiger partial charge in [-0.25, -0.2) is 4.98 Å². The molecule has 0 saturated heterocycles. The molecule has 5 heterocycles. The summed E-state index contributed by atoms with van der Waals surface area (Å²) >= 11 is 0. The lowest BCUT2D eigenvalue weighted by Gasteiger charge is -2.37. The third-order valence-electron chi connectivity index (χ3n) is 5.64. The van der Waals surface area contributed by atoms with Gasteiger partial charge in [-0.05, 0) is 24.5 Å². The molecule has 0 atom stereocenters. The molecule has 2 aliphatic rings. The number of carbonyl (C=O) groups is 1. The molecule has 172 valence electrons. The SMILES string of the molecule is CN1CC(=O)N2CCCc3nc(NCc4cnn(Cc5ccc(C(F)(F)F)nc5)c4)nc1c32. The Hall–Kier alpha value is -3.70. The molecule has 5 rings (SSSR count). The predicted molar refractivity (Wildman–Crippen MR) is 114 cm³/mol. The summed E-state index contributed by atoms with van der Waals surface area (Å²) in [6.07, 6.45) is 1.89. The Morgan fingerprint density at radius 2 is 2.00 bits per heavy atom. The van der Waals surface area contributed by atoms with E-state index in [1.165, 1.54) is 12.3 Å². The fraction of sp³-hybridized carbons (Fsp3) is 0.381. The molecular weight excluding hydrogens is 437 g/mol. The minimum Gasteiger partial charge on any atom is -0.350 e. The Balaban J connectivity index is 1.27. The second-order valence-electron chi connectivity index (χ2n) is 8.12. The van der Waals surface area contributed by atoms with Crippen molar-refractivity contribution in [1.82, 2.24) is 24.7 Å². The number of rotatable bonds is 5. The molecule has 0 spiro atoms. The van der Waals surface area contributed by atoms with Crippen LogP contribution >= 0.6 is 0 Å². The summed E-state index contributed by atoms with van der Waals surface area (Å²) in [7, 11) is 1.84. The highest BCUT2D eigenvalue weighted by atomic mass is 19.4. The number of amides is 1. The third-order valence-corrected chi connectivity index (χ3v) is 5.64. The van der Waals surface area contributed by atoms with Gasteiger partial charge < -0.3 is 15.1 Å². The molecule has 2 aliphatic heterocycles. The number of hydrogen-bond acceptors (Lipinski definition) is 7. The molecule has 0 aliphatic carbocycles. The standard InChI is InChI=1S/C21H21F3N8O/c1-30-12-17(33)32-6-2-3-15-18(32)19(30)29-20(28-15)26-8-14-9-27-31(11-14)10-13-4-5-16(25-7-13)21(22,23)24/h4-5,7,9,11H,2-3,6,8,10,12H2,1H3,(H,26,28,29). The van der Waals surface area contributed by atoms with Crippen molar-refractivity contribution in [2.75, 3.05) is 35.3 Å². The van der Waals surface area contributed by atoms with E-state index in [1.54, 1.807) is 22.0 Å². The van der Waals surface area contributed by atoms with Gasteiger partial charge in [0.05, 0.1) is 25.0 Å². The monoisotopic (exact) mass is 458 g/mol. The zero-order valence-electron chi connectivity index (χ0n) is 17.8. The molecule has 0 unspecified atom stereocenters. The quantitative estimate of drug-likeness (QED) is 0.628. The number of aromatic nitrogens is 5. The maximum absolute atomic E-state index is 12.7. The van der Waals surface area contributed by atoms with Crippen LogP contribution < -0.4 is 15.1 Å². The van der Waals surface area contributed by atoms with Crippen molar-refractivity contribution < 1.29 is 18.0 Å². The molecule has 33 heavy (non-hydrogen) atoms. The van der Waals surface area contributed by atoms with E-state index < -0.39 is 11.9 Å². The lowest BCUT2D eigenvalue weighted by atomic mass is 10.1. The second-order valence-corrected chi connectivity index (χ2v) is 8.12. The summed E-state index contributed by atoms with van der Waals surface area (Å²) in [5, 5.41) is 7.49. The molecule has 3 aromatic heterocycles. The van der Waals surface area contributed by atoms with E-state index in [-0.39, 0.29) is 12.5 Å². The number of anilines is 3. The number of nitrogens with one attached hydrogen (secondary N) is 1. The molecule has 12 heteroatoms. The molecule has 1 N–H and O–H groups in total. The highest BCUT2D eigenvalue weighted by Gasteiger charge is 2.34. The topological polar surface area (TPSA) is 92.1 Å². The fourth-order valence-corrected chi connectivity index (χ4v) is 4.05. The summed E-state index contributed by atoms with van der Waals surface area (Å²) in [5.74, 6) is 1.28. The first-order chi connectivity index (χ1) is 15.8. The van der Waals surface area contributed by atoms with Crippen LogP contribution in [0, 0.1) is 0 Å². The second kappa shape index (κ2) is 8.01. The van der Waals surface area contributed by atoms with E-state index >= 15 is 0 Å². The number of nitrogens with zero attached hydrogens (tertiary/aromatic N) is 7. The molecule has 0 saturated carbocycles. The van der Waals surface area contributed by atoms with Crippen LogP contribution in [0.3, 0.4) is 0 Å². The van der Waals surface area contributed by atoms with Crippen LogP contribution in [0.4, 0.5) is 30.6 Å². The van der Waals surface area contributed by atoms with E-state index in [4.69, 9.17) is 0 Å². The van der Waals surface area contributed by atoms with E-state index in [0.29, 0.717) is 31.1 Å². The van der Waals surface area contributed by atoms with Crippen molar-refractivity contribution >= 4 is 23.4 Å². The zero-order valence-corrected chi connectivity index (χ0v) is 17.8. The number of pyridine rings is 1. The predicted octanol–water partition coefficient (Wildman–Crippen LogP) is 2.48. The van der Waals surface area contributed by atoms with Gasteiger partial charge in [0.25, 0.3) is 0 Å². The molecule has 3 aromatic rings. The number of halogens is 3. The first kappa shape index (κ1) is 21.2. The molecule has 0 bridgehead atoms. The molecule has 1 amide bonds. The maximum atomic E-state index is 12.7. The summed E-state index contributed by atoms with van der Waals surface area (Å²) < 4.78 is 39.6. The van der Waals surface area contributed by atoms with Crippen LogP contribution in [0.25, 0.3) is 0 Å². The average Bonchev–Trinajstić information content (AvgIpc) is 3.22. The van der Waals surface area contributed by atoms with E-state index in [9.17, 15) is 18.0 Å². The van der Waals surface area contributed by atoms with Crippen molar-refractivity contribution in [3.05, 3.63) is 53.2 Å². The van der Waals surface area contributed by atoms with Gasteiger partial charge in [-0.1, -0.05) is 6.07 Å². The summed E-state index contributed by atoms with van der Waals surface area (Å²) in [5.41, 5.74) is 2.24. The lowest BCUT2D eigenvalue weighted by molar-refractivity contribution is -0.141. The number of carbonyl (C=O) groups excluding carboxylic acids is 1. The first-order valence-corrected chi connectivity index (χ1v) is 10.5. The fourth-order valence-electron chi connectivity index (χ4n) is 4.05. The van der Waals surface area contributed by atoms with Crippen molar-refractivity contribution in [3.63, 3.8) is 0 Å². The van der Waals surface area contributed by atoms with Gasteiger partial charge >= 0.3 is 6.18 Å². The number of aryl methyl sites for hydroxylation is 1. The molecular formula is C21H21F3N8O. The Labute approximate surface area is 187 Å². The number of alkyl halides is 3. The summed E-state index contributed by atoms with van der Waals surface area (Å²) in [4.78, 5) is 28.7. The van der Waals surface area contributed by atoms with Crippen LogP contribution in [0.1, 0.15) is 28.9 Å². The average molecular weight is 458 g/mol. The minimum atomic E-state index is -4.46. The Morgan fingerprint density at radius 3 is 2.76 bits per heavy atom. The minimum absolute atomic E-state index is 0.0610. The molecule has 0 aromatic carbocycles. The highest BCUT2D eigenvalue weighted by Crippen LogP contribution is 2.37. The van der Waals surface area contributed by atoms with E-state index in [1.807, 2.05) is 11.9 Å². The van der Waals surface area contributed by atoms with Gasteiger partial charge in [-0.15, -0.1) is 0 Å². The van der Waals surface area contributed by atoms with Crippen molar-refractivity contribution in [2.45, 2.75) is 32.1 Å². The van der Waals surface area contributed by atoms with Gasteiger partial charge in [0.2, 0.25) is 11.9 Å². The van der Waals surface area contributed by atoms with Gasteiger partial charge in [0.1, 0.15) is 11.4 Å². The van der Waals surface area contributed by atoms with E-state index in [0.717, 1.165) is 41.7 Å². The Bertz CT molecular complexity index is 1190. The molecule has 9 nitrogen and oxygen atoms in total. The molecule has 0 fully saturated rings. The normalized spacial score (nSPS) is 15.6. The summed E-state index contributed by atoms with van der Waals surface area (Å²) in [6.45, 7) is 1.71. The highest BCUT2D eigenvalue weighted by molar-refractivity contribution is 6.03. The first-order valence-electron chi connectivity index (χ1n) is 10.5. The van der Waals surface area contributed by atoms with Crippen molar-refractivity contribution in [1.29, 1.82) is 0 Å². The van der Waals surface area contributed by atoms with Crippen molar-refractivity contribution in [2.24, 2.45) is 0 Å². The van der Waals surface area contributed by atoms with Crippen LogP contribution in [0.15, 0.2) is 30.7 Å². The van der Waals surface area contributed by atoms with Crippen LogP contribution in [0.5, 0.6) is 0 Å². The molecule has 0 radical (unpaired) electrons. The largest absolute Gasteiger partial charge is 0.433 e. The van der Waals surface area contributed by atoms with Gasteiger partial charge in [-0.3, -0.25) is 14.5 Å². The number of likely N-dealkylation sites (N-methyl/N-ethyl adjacent to an activating group) is 1. The summed E-state index contributed by atoms with van der Waals surface area (Å²) in [6, 6.07) is 2.36. The third kappa shape index (κ3) is 4.20. The smallest absolute Gasteiger partial charge is 0.350 e. The van der Waals surface area contributed by atoms with E-state index in [2.05, 4.69) is 25.4 Å². The number of hydrogen-bond donors (Lipinski definition) is 1. The van der Waals surface area contributed by atoms with Gasteiger partial charge in [0, 0.05) is 38.1 Å². The maximum Gasteiger partial charge on any atom is 0.433 e. The van der Waals surface area contributed by atoms with Crippen LogP contribution in [0.2, 0.25) is 0 Å². The Morgan fingerprint density at radius 1 is 1.15 bits per heavy atom.